The van der Waals surface area contributed by atoms with Crippen LogP contribution in [-0.4, -0.2) is 50.5 Å². The van der Waals surface area contributed by atoms with Gasteiger partial charge in [-0.25, -0.2) is 14.5 Å². The Morgan fingerprint density at radius 3 is 2.70 bits per heavy atom. The Labute approximate surface area is 219 Å². The summed E-state index contributed by atoms with van der Waals surface area (Å²) >= 11 is 1.46. The van der Waals surface area contributed by atoms with E-state index < -0.39 is 19.8 Å². The van der Waals surface area contributed by atoms with Crippen molar-refractivity contribution in [2.45, 2.75) is 50.4 Å². The lowest BCUT2D eigenvalue weighted by molar-refractivity contribution is -0.149. The smallest absolute Gasteiger partial charge is 0.459 e. The number of fused-ring (bicyclic) bond motifs is 1. The first-order valence-corrected chi connectivity index (χ1v) is 14.6. The number of benzene rings is 1. The number of para-hydroxylation sites is 1. The molecule has 3 N–H and O–H groups in total. The molecule has 2 aromatic heterocycles. The molecule has 0 unspecified atom stereocenters. The van der Waals surface area contributed by atoms with E-state index in [4.69, 9.17) is 19.5 Å². The number of anilines is 1. The van der Waals surface area contributed by atoms with Crippen molar-refractivity contribution >= 4 is 42.6 Å². The normalized spacial score (nSPS) is 19.7. The van der Waals surface area contributed by atoms with Crippen LogP contribution in [0, 0.1) is 5.92 Å². The van der Waals surface area contributed by atoms with Gasteiger partial charge in [0.05, 0.1) is 25.1 Å². The molecule has 0 saturated heterocycles. The average Bonchev–Trinajstić information content (AvgIpc) is 3.49. The average molecular weight is 547 g/mol. The molecular formula is C24H31N6O5PS. The third-order valence-electron chi connectivity index (χ3n) is 5.59. The minimum Gasteiger partial charge on any atom is -0.462 e. The monoisotopic (exact) mass is 546 g/mol. The Bertz CT molecular complexity index is 1320. The fraction of sp³-hybridized carbons (Fsp3) is 0.417. The van der Waals surface area contributed by atoms with E-state index in [-0.39, 0.29) is 30.6 Å². The first-order chi connectivity index (χ1) is 17.7. The summed E-state index contributed by atoms with van der Waals surface area (Å²) < 4.78 is 32.4. The van der Waals surface area contributed by atoms with Gasteiger partial charge < -0.3 is 19.6 Å². The molecular weight excluding hydrogens is 515 g/mol. The van der Waals surface area contributed by atoms with Gasteiger partial charge in [0.25, 0.3) is 0 Å². The Balaban J connectivity index is 1.45. The van der Waals surface area contributed by atoms with Crippen molar-refractivity contribution in [3.63, 3.8) is 0 Å². The van der Waals surface area contributed by atoms with Gasteiger partial charge in [-0.2, -0.15) is 10.1 Å². The van der Waals surface area contributed by atoms with Gasteiger partial charge in [0.15, 0.2) is 5.65 Å². The zero-order valence-corrected chi connectivity index (χ0v) is 22.8. The predicted molar refractivity (Wildman–Crippen MR) is 142 cm³/mol. The van der Waals surface area contributed by atoms with Crippen molar-refractivity contribution in [1.29, 1.82) is 0 Å². The van der Waals surface area contributed by atoms with Crippen LogP contribution in [-0.2, 0) is 18.6 Å². The van der Waals surface area contributed by atoms with Crippen molar-refractivity contribution in [3.05, 3.63) is 48.8 Å². The van der Waals surface area contributed by atoms with Crippen LogP contribution in [0.4, 0.5) is 5.95 Å². The fourth-order valence-corrected chi connectivity index (χ4v) is 5.97. The lowest BCUT2D eigenvalue weighted by atomic mass is 10.1. The van der Waals surface area contributed by atoms with Crippen molar-refractivity contribution < 1.29 is 23.1 Å². The SMILES string of the molecule is CSc1nc(N)nc2c1ncn2[C@H]1C=C[C@@H](CO[P@](=O)(N[C@@H](C)C(=O)OC(C)C)Oc2ccccc2)C1. The quantitative estimate of drug-likeness (QED) is 0.116. The summed E-state index contributed by atoms with van der Waals surface area (Å²) in [5.41, 5.74) is 7.26. The second-order valence-electron chi connectivity index (χ2n) is 8.90. The van der Waals surface area contributed by atoms with Crippen LogP contribution in [0.2, 0.25) is 0 Å². The van der Waals surface area contributed by atoms with E-state index in [1.807, 2.05) is 29.0 Å². The molecule has 1 aliphatic carbocycles. The summed E-state index contributed by atoms with van der Waals surface area (Å²) in [6, 6.07) is 7.73. The molecule has 4 atom stereocenters. The molecule has 0 bridgehead atoms. The molecule has 1 aliphatic rings. The standard InChI is InChI=1S/C24H31N6O5PS/c1-15(2)34-23(31)16(3)29-36(32,35-19-8-6-5-7-9-19)33-13-17-10-11-18(12-17)30-14-26-20-21(30)27-24(25)28-22(20)37-4/h5-11,14-18H,12-13H2,1-4H3,(H,29,32)(H2,25,27,28)/t16-,17+,18-,36+/m0/s1. The third kappa shape index (κ3) is 6.70. The molecule has 0 spiro atoms. The van der Waals surface area contributed by atoms with Crippen LogP contribution in [0.5, 0.6) is 5.75 Å². The molecule has 0 amide bonds. The van der Waals surface area contributed by atoms with Gasteiger partial charge >= 0.3 is 13.7 Å². The van der Waals surface area contributed by atoms with Gasteiger partial charge in [-0.3, -0.25) is 9.32 Å². The number of imidazole rings is 1. The van der Waals surface area contributed by atoms with Gasteiger partial charge in [-0.1, -0.05) is 30.4 Å². The van der Waals surface area contributed by atoms with Gasteiger partial charge in [-0.15, -0.1) is 11.8 Å². The predicted octanol–water partition coefficient (Wildman–Crippen LogP) is 4.38. The second kappa shape index (κ2) is 11.6. The molecule has 11 nitrogen and oxygen atoms in total. The zero-order valence-electron chi connectivity index (χ0n) is 21.1. The Kier molecular flexibility index (Phi) is 8.53. The van der Waals surface area contributed by atoms with E-state index in [1.165, 1.54) is 11.8 Å². The molecule has 3 aromatic rings. The van der Waals surface area contributed by atoms with E-state index in [9.17, 15) is 9.36 Å². The molecule has 0 radical (unpaired) electrons. The highest BCUT2D eigenvalue weighted by molar-refractivity contribution is 7.98. The number of carbonyl (C=O) groups excluding carboxylic acids is 1. The summed E-state index contributed by atoms with van der Waals surface area (Å²) in [5, 5.41) is 3.44. The number of thioether (sulfide) groups is 1. The fourth-order valence-electron chi connectivity index (χ4n) is 3.90. The van der Waals surface area contributed by atoms with Crippen LogP contribution < -0.4 is 15.3 Å². The zero-order chi connectivity index (χ0) is 26.6. The van der Waals surface area contributed by atoms with Crippen LogP contribution in [0.3, 0.4) is 0 Å². The summed E-state index contributed by atoms with van der Waals surface area (Å²) in [6.45, 7) is 5.16. The van der Waals surface area contributed by atoms with Gasteiger partial charge in [-0.05, 0) is 45.6 Å². The molecule has 37 heavy (non-hydrogen) atoms. The number of nitrogens with one attached hydrogen (secondary N) is 1. The number of carbonyl (C=O) groups is 1. The molecule has 0 fully saturated rings. The number of nitrogen functional groups attached to an aromatic ring is 1. The number of allylic oxidation sites excluding steroid dienone is 1. The van der Waals surface area contributed by atoms with Crippen LogP contribution in [0.25, 0.3) is 11.2 Å². The lowest BCUT2D eigenvalue weighted by Crippen LogP contribution is -2.36. The highest BCUT2D eigenvalue weighted by Crippen LogP contribution is 2.46. The van der Waals surface area contributed by atoms with E-state index in [1.54, 1.807) is 51.4 Å². The van der Waals surface area contributed by atoms with Crippen LogP contribution in [0.15, 0.2) is 53.8 Å². The van der Waals surface area contributed by atoms with Crippen molar-refractivity contribution in [2.24, 2.45) is 5.92 Å². The topological polar surface area (TPSA) is 143 Å². The molecule has 0 saturated carbocycles. The van der Waals surface area contributed by atoms with Crippen molar-refractivity contribution in [1.82, 2.24) is 24.6 Å². The first-order valence-electron chi connectivity index (χ1n) is 11.9. The lowest BCUT2D eigenvalue weighted by Gasteiger charge is -2.24. The molecule has 1 aromatic carbocycles. The number of nitrogens with two attached hydrogens (primary N) is 1. The summed E-state index contributed by atoms with van der Waals surface area (Å²) in [7, 11) is -3.93. The maximum Gasteiger partial charge on any atom is 0.459 e. The van der Waals surface area contributed by atoms with E-state index in [0.717, 1.165) is 5.03 Å². The molecule has 2 heterocycles. The van der Waals surface area contributed by atoms with E-state index in [2.05, 4.69) is 20.0 Å². The summed E-state index contributed by atoms with van der Waals surface area (Å²) in [6.07, 6.45) is 8.03. The Morgan fingerprint density at radius 2 is 2.00 bits per heavy atom. The third-order valence-corrected chi connectivity index (χ3v) is 7.91. The molecule has 4 rings (SSSR count). The Morgan fingerprint density at radius 1 is 1.24 bits per heavy atom. The minimum atomic E-state index is -3.93. The maximum absolute atomic E-state index is 13.7. The van der Waals surface area contributed by atoms with Gasteiger partial charge in [0.2, 0.25) is 5.95 Å². The first kappa shape index (κ1) is 27.1. The van der Waals surface area contributed by atoms with Crippen molar-refractivity contribution in [2.75, 3.05) is 18.6 Å². The number of ether oxygens (including phenoxy) is 1. The van der Waals surface area contributed by atoms with Crippen molar-refractivity contribution in [3.8, 4) is 5.75 Å². The highest BCUT2D eigenvalue weighted by atomic mass is 32.2. The number of nitrogens with zero attached hydrogens (tertiary/aromatic N) is 4. The molecule has 13 heteroatoms. The summed E-state index contributed by atoms with van der Waals surface area (Å²) in [5.74, 6) is -0.0618. The second-order valence-corrected chi connectivity index (χ2v) is 11.4. The Hall–Kier alpha value is -2.92. The highest BCUT2D eigenvalue weighted by Gasteiger charge is 2.34. The molecule has 198 valence electrons. The molecule has 0 aliphatic heterocycles. The number of rotatable bonds is 11. The maximum atomic E-state index is 13.7. The van der Waals surface area contributed by atoms with Crippen LogP contribution in [0.1, 0.15) is 33.2 Å². The minimum absolute atomic E-state index is 0.0371. The number of hydrogen-bond donors (Lipinski definition) is 2. The van der Waals surface area contributed by atoms with Gasteiger partial charge in [0, 0.05) is 5.92 Å². The largest absolute Gasteiger partial charge is 0.462 e. The number of esters is 1. The van der Waals surface area contributed by atoms with Gasteiger partial charge in [0.1, 0.15) is 22.3 Å². The van der Waals surface area contributed by atoms with E-state index in [0.29, 0.717) is 23.3 Å². The summed E-state index contributed by atoms with van der Waals surface area (Å²) in [4.78, 5) is 25.5. The number of aromatic nitrogens is 4. The van der Waals surface area contributed by atoms with E-state index >= 15 is 0 Å². The van der Waals surface area contributed by atoms with Crippen LogP contribution >= 0.6 is 19.5 Å². The number of hydrogen-bond acceptors (Lipinski definition) is 10.